The first-order chi connectivity index (χ1) is 36.6. The van der Waals surface area contributed by atoms with Crippen molar-refractivity contribution in [3.8, 4) is 0 Å². The molecule has 2 unspecified atom stereocenters. The monoisotopic (exact) mass is 1040 g/mol. The number of hydrogen-bond acceptors (Lipinski definition) is 7. The Morgan fingerprint density at radius 2 is 0.773 bits per heavy atom. The normalized spacial score (nSPS) is 13.8. The van der Waals surface area contributed by atoms with Crippen LogP contribution in [-0.4, -0.2) is 87.4 Å². The van der Waals surface area contributed by atoms with Gasteiger partial charge in [0.1, 0.15) is 13.2 Å². The zero-order valence-electron chi connectivity index (χ0n) is 48.2. The molecule has 9 nitrogen and oxygen atoms in total. The number of esters is 2. The first-order valence-electron chi connectivity index (χ1n) is 29.3. The van der Waals surface area contributed by atoms with E-state index in [4.69, 9.17) is 18.9 Å². The second-order valence-corrected chi connectivity index (χ2v) is 20.2. The molecule has 0 amide bonds. The molecule has 75 heavy (non-hydrogen) atoms. The van der Waals surface area contributed by atoms with Crippen LogP contribution in [0, 0.1) is 0 Å². The van der Waals surface area contributed by atoms with Crippen molar-refractivity contribution in [1.29, 1.82) is 0 Å². The maximum atomic E-state index is 12.9. The second kappa shape index (κ2) is 55.7. The minimum Gasteiger partial charge on any atom is -0.477 e. The number of carbonyl (C=O) groups excluding carboxylic acids is 2. The lowest BCUT2D eigenvalue weighted by molar-refractivity contribution is -0.870. The van der Waals surface area contributed by atoms with Crippen molar-refractivity contribution in [2.45, 2.75) is 219 Å². The molecule has 9 heteroatoms. The number of unbranched alkanes of at least 4 members (excludes halogenated alkanes) is 15. The highest BCUT2D eigenvalue weighted by molar-refractivity contribution is 5.71. The summed E-state index contributed by atoms with van der Waals surface area (Å²) < 4.78 is 22.8. The molecule has 0 bridgehead atoms. The van der Waals surface area contributed by atoms with Gasteiger partial charge in [0, 0.05) is 12.8 Å². The maximum Gasteiger partial charge on any atom is 0.361 e. The van der Waals surface area contributed by atoms with E-state index in [2.05, 4.69) is 148 Å². The second-order valence-electron chi connectivity index (χ2n) is 20.2. The standard InChI is InChI=1S/C66H107NO8/c1-6-8-10-12-14-16-18-20-22-24-26-28-29-30-31-32-33-34-35-37-39-41-43-45-47-49-51-53-55-57-64(69)75-62(61-74-66(65(70)71)72-59-58-67(3,4)5)60-73-63(68)56-54-52-50-48-46-44-42-40-38-36-27-25-23-21-19-17-15-13-11-9-7-2/h8,10,14,16,19-22,25-28,30-31,33-34,37,39,43,45,49,51,62,66H,6-7,9,11-13,15,17-18,23-24,29,32,35-36,38,40-42,44,46-48,50,52-61H2,1-5H3/p+1/b10-8-,16-14-,21-19-,22-20-,27-25-,28-26-,31-30-,34-33-,39-37-,45-43-,51-49-. The van der Waals surface area contributed by atoms with E-state index in [0.29, 0.717) is 23.9 Å². The quantitative estimate of drug-likeness (QED) is 0.0211. The molecular formula is C66H108NO8+. The van der Waals surface area contributed by atoms with Gasteiger partial charge in [0.2, 0.25) is 0 Å². The molecule has 0 spiro atoms. The van der Waals surface area contributed by atoms with Gasteiger partial charge in [-0.1, -0.05) is 218 Å². The summed E-state index contributed by atoms with van der Waals surface area (Å²) in [5.41, 5.74) is 0. The fourth-order valence-electron chi connectivity index (χ4n) is 7.40. The molecule has 0 aromatic carbocycles. The van der Waals surface area contributed by atoms with Crippen molar-refractivity contribution in [2.24, 2.45) is 0 Å². The summed E-state index contributed by atoms with van der Waals surface area (Å²) in [6.45, 7) is 4.66. The van der Waals surface area contributed by atoms with E-state index in [9.17, 15) is 19.5 Å². The summed E-state index contributed by atoms with van der Waals surface area (Å²) in [7, 11) is 5.94. The summed E-state index contributed by atoms with van der Waals surface area (Å²) in [6.07, 6.45) is 76.8. The number of quaternary nitrogens is 1. The minimum atomic E-state index is -1.54. The first kappa shape index (κ1) is 70.4. The molecule has 0 aliphatic carbocycles. The highest BCUT2D eigenvalue weighted by Crippen LogP contribution is 2.14. The third-order valence-corrected chi connectivity index (χ3v) is 11.9. The van der Waals surface area contributed by atoms with Crippen molar-refractivity contribution < 1.29 is 42.9 Å². The van der Waals surface area contributed by atoms with Gasteiger partial charge in [0.15, 0.2) is 6.10 Å². The lowest BCUT2D eigenvalue weighted by Gasteiger charge is -2.25. The molecule has 0 aliphatic heterocycles. The minimum absolute atomic E-state index is 0.168. The zero-order valence-corrected chi connectivity index (χ0v) is 48.2. The maximum absolute atomic E-state index is 12.9. The lowest BCUT2D eigenvalue weighted by Crippen LogP contribution is -2.40. The zero-order chi connectivity index (χ0) is 54.8. The van der Waals surface area contributed by atoms with Crippen LogP contribution in [0.25, 0.3) is 0 Å². The average Bonchev–Trinajstić information content (AvgIpc) is 3.38. The smallest absolute Gasteiger partial charge is 0.361 e. The van der Waals surface area contributed by atoms with E-state index >= 15 is 0 Å². The van der Waals surface area contributed by atoms with Crippen molar-refractivity contribution in [3.05, 3.63) is 134 Å². The van der Waals surface area contributed by atoms with Gasteiger partial charge in [-0.05, 0) is 109 Å². The average molecular weight is 1040 g/mol. The summed E-state index contributed by atoms with van der Waals surface area (Å²) in [5.74, 6) is -2.11. The van der Waals surface area contributed by atoms with Crippen LogP contribution < -0.4 is 0 Å². The number of ether oxygens (including phenoxy) is 4. The molecule has 1 N–H and O–H groups in total. The van der Waals surface area contributed by atoms with E-state index in [1.807, 2.05) is 21.1 Å². The number of aliphatic carboxylic acids is 1. The molecule has 0 saturated heterocycles. The SMILES string of the molecule is CC/C=C\C/C=C\C/C=C\C/C=C\C/C=C\C/C=C\C/C=C\C/C=C\C/C=C\CCCC(=O)OC(COC(=O)CCCCCCCCCCC/C=C\C/C=C\CCCCCCC)COC(OCC[N+](C)(C)C)C(=O)O. The topological polar surface area (TPSA) is 108 Å². The van der Waals surface area contributed by atoms with Gasteiger partial charge in [-0.25, -0.2) is 4.79 Å². The fraction of sp³-hybridized carbons (Fsp3) is 0.621. The molecule has 0 aliphatic rings. The Kier molecular flexibility index (Phi) is 52.3. The van der Waals surface area contributed by atoms with E-state index < -0.39 is 24.3 Å². The van der Waals surface area contributed by atoms with E-state index in [1.165, 1.54) is 70.6 Å². The number of carboxylic acid groups (broad SMARTS) is 1. The number of likely N-dealkylation sites (N-methyl/N-ethyl adjacent to an activating group) is 1. The fourth-order valence-corrected chi connectivity index (χ4v) is 7.40. The number of nitrogens with zero attached hydrogens (tertiary/aromatic N) is 1. The van der Waals surface area contributed by atoms with Gasteiger partial charge in [-0.3, -0.25) is 9.59 Å². The summed E-state index contributed by atoms with van der Waals surface area (Å²) in [6, 6.07) is 0. The molecule has 0 saturated carbocycles. The Bertz CT molecular complexity index is 1690. The lowest BCUT2D eigenvalue weighted by atomic mass is 10.1. The summed E-state index contributed by atoms with van der Waals surface area (Å²) in [5, 5.41) is 9.70. The van der Waals surface area contributed by atoms with E-state index in [0.717, 1.165) is 96.3 Å². The Hall–Kier alpha value is -4.57. The first-order valence-corrected chi connectivity index (χ1v) is 29.3. The predicted octanol–water partition coefficient (Wildman–Crippen LogP) is 17.5. The van der Waals surface area contributed by atoms with Crippen LogP contribution in [0.4, 0.5) is 0 Å². The third kappa shape index (κ3) is 57.0. The van der Waals surface area contributed by atoms with Gasteiger partial charge >= 0.3 is 17.9 Å². The Labute approximate surface area is 459 Å². The molecule has 2 atom stereocenters. The van der Waals surface area contributed by atoms with Crippen molar-refractivity contribution >= 4 is 17.9 Å². The van der Waals surface area contributed by atoms with Crippen LogP contribution in [0.2, 0.25) is 0 Å². The van der Waals surface area contributed by atoms with Crippen molar-refractivity contribution in [2.75, 3.05) is 47.5 Å². The molecule has 0 rings (SSSR count). The molecular weight excluding hydrogens is 935 g/mol. The van der Waals surface area contributed by atoms with Crippen LogP contribution in [0.5, 0.6) is 0 Å². The predicted molar refractivity (Wildman–Crippen MR) is 317 cm³/mol. The number of allylic oxidation sites excluding steroid dienone is 22. The number of hydrogen-bond donors (Lipinski definition) is 1. The van der Waals surface area contributed by atoms with Gasteiger partial charge in [0.05, 0.1) is 34.4 Å². The van der Waals surface area contributed by atoms with E-state index in [1.54, 1.807) is 0 Å². The Morgan fingerprint density at radius 1 is 0.413 bits per heavy atom. The third-order valence-electron chi connectivity index (χ3n) is 11.9. The molecule has 0 heterocycles. The van der Waals surface area contributed by atoms with Crippen molar-refractivity contribution in [1.82, 2.24) is 0 Å². The molecule has 0 aromatic rings. The highest BCUT2D eigenvalue weighted by Gasteiger charge is 2.25. The van der Waals surface area contributed by atoms with Gasteiger partial charge < -0.3 is 28.5 Å². The van der Waals surface area contributed by atoms with E-state index in [-0.39, 0.29) is 38.6 Å². The summed E-state index contributed by atoms with van der Waals surface area (Å²) in [4.78, 5) is 37.4. The van der Waals surface area contributed by atoms with Gasteiger partial charge in [-0.15, -0.1) is 0 Å². The van der Waals surface area contributed by atoms with Crippen LogP contribution in [0.15, 0.2) is 134 Å². The van der Waals surface area contributed by atoms with Gasteiger partial charge in [0.25, 0.3) is 6.29 Å². The van der Waals surface area contributed by atoms with Crippen LogP contribution in [-0.2, 0) is 33.3 Å². The Balaban J connectivity index is 4.41. The number of carboxylic acids is 1. The molecule has 0 aromatic heterocycles. The highest BCUT2D eigenvalue weighted by atomic mass is 16.7. The van der Waals surface area contributed by atoms with Crippen LogP contribution in [0.1, 0.15) is 206 Å². The van der Waals surface area contributed by atoms with Crippen molar-refractivity contribution in [3.63, 3.8) is 0 Å². The van der Waals surface area contributed by atoms with Crippen LogP contribution >= 0.6 is 0 Å². The Morgan fingerprint density at radius 3 is 1.17 bits per heavy atom. The molecule has 0 fully saturated rings. The molecule has 0 radical (unpaired) electrons. The van der Waals surface area contributed by atoms with Gasteiger partial charge in [-0.2, -0.15) is 0 Å². The summed E-state index contributed by atoms with van der Waals surface area (Å²) >= 11 is 0. The van der Waals surface area contributed by atoms with Crippen LogP contribution in [0.3, 0.4) is 0 Å². The largest absolute Gasteiger partial charge is 0.477 e. The number of rotatable bonds is 52. The molecule has 424 valence electrons. The number of carbonyl (C=O) groups is 3.